The van der Waals surface area contributed by atoms with E-state index in [0.29, 0.717) is 12.8 Å². The number of rotatable bonds is 1. The zero-order chi connectivity index (χ0) is 14.5. The van der Waals surface area contributed by atoms with Crippen LogP contribution in [0.5, 0.6) is 0 Å². The van der Waals surface area contributed by atoms with E-state index in [1.54, 1.807) is 13.0 Å². The molecule has 1 aromatic carbocycles. The molecule has 0 aromatic heterocycles. The van der Waals surface area contributed by atoms with Crippen LogP contribution in [0.1, 0.15) is 24.5 Å². The Labute approximate surface area is 116 Å². The summed E-state index contributed by atoms with van der Waals surface area (Å²) in [7, 11) is 0. The lowest BCUT2D eigenvalue weighted by Crippen LogP contribution is -2.53. The Morgan fingerprint density at radius 1 is 1.60 bits per heavy atom. The van der Waals surface area contributed by atoms with Gasteiger partial charge >= 0.3 is 6.03 Å². The van der Waals surface area contributed by atoms with Crippen LogP contribution in [-0.4, -0.2) is 22.8 Å². The van der Waals surface area contributed by atoms with Crippen molar-refractivity contribution in [3.05, 3.63) is 35.1 Å². The number of carbonyl (C=O) groups excluding carboxylic acids is 1. The first-order valence-electron chi connectivity index (χ1n) is 6.43. The number of amides is 2. The minimum absolute atomic E-state index is 0.245. The Kier molecular flexibility index (Phi) is 2.58. The maximum absolute atomic E-state index is 13.4. The second kappa shape index (κ2) is 4.07. The van der Waals surface area contributed by atoms with Crippen LogP contribution in [0.2, 0.25) is 0 Å². The molecule has 1 aliphatic carbocycles. The summed E-state index contributed by atoms with van der Waals surface area (Å²) in [6.07, 6.45) is 6.68. The van der Waals surface area contributed by atoms with Crippen LogP contribution in [0.3, 0.4) is 0 Å². The first-order valence-corrected chi connectivity index (χ1v) is 6.43. The van der Waals surface area contributed by atoms with Crippen LogP contribution in [0, 0.1) is 18.2 Å². The lowest BCUT2D eigenvalue weighted by molar-refractivity contribution is 0.158. The van der Waals surface area contributed by atoms with E-state index in [1.165, 1.54) is 17.0 Å². The normalized spacial score (nSPS) is 25.6. The molecule has 2 atom stereocenters. The number of carbonyl (C=O) groups is 1. The fourth-order valence-electron chi connectivity index (χ4n) is 3.25. The van der Waals surface area contributed by atoms with Gasteiger partial charge in [0.1, 0.15) is 17.2 Å². The van der Waals surface area contributed by atoms with Gasteiger partial charge < -0.3 is 5.73 Å². The molecule has 5 heteroatoms. The fraction of sp³-hybridized carbons (Fsp3) is 0.333. The van der Waals surface area contributed by atoms with Crippen LogP contribution in [0.15, 0.2) is 23.2 Å². The van der Waals surface area contributed by atoms with E-state index in [2.05, 4.69) is 10.9 Å². The Bertz CT molecular complexity index is 676. The Morgan fingerprint density at radius 2 is 2.35 bits per heavy atom. The first kappa shape index (κ1) is 12.7. The smallest absolute Gasteiger partial charge is 0.347 e. The third-order valence-corrected chi connectivity index (χ3v) is 4.15. The van der Waals surface area contributed by atoms with Crippen molar-refractivity contribution in [1.29, 1.82) is 0 Å². The number of terminal acetylenes is 1. The van der Waals surface area contributed by atoms with Crippen LogP contribution in [0.4, 0.5) is 9.18 Å². The highest BCUT2D eigenvalue weighted by Gasteiger charge is 2.54. The largest absolute Gasteiger partial charge is 0.385 e. The van der Waals surface area contributed by atoms with Gasteiger partial charge in [-0.3, -0.25) is 4.90 Å². The second-order valence-electron chi connectivity index (χ2n) is 5.15. The molecule has 1 aliphatic heterocycles. The van der Waals surface area contributed by atoms with Gasteiger partial charge in [0.15, 0.2) is 0 Å². The summed E-state index contributed by atoms with van der Waals surface area (Å²) in [5.74, 6) is 2.50. The number of amidine groups is 1. The molecule has 2 unspecified atom stereocenters. The Balaban J connectivity index is 2.20. The van der Waals surface area contributed by atoms with Crippen molar-refractivity contribution in [2.45, 2.75) is 31.3 Å². The van der Waals surface area contributed by atoms with E-state index in [-0.39, 0.29) is 11.7 Å². The molecule has 1 aromatic rings. The van der Waals surface area contributed by atoms with Gasteiger partial charge in [0.25, 0.3) is 0 Å². The van der Waals surface area contributed by atoms with Crippen molar-refractivity contribution >= 4 is 11.9 Å². The molecule has 2 amide bonds. The molecule has 0 radical (unpaired) electrons. The predicted molar refractivity (Wildman–Crippen MR) is 73.6 cm³/mol. The molecular weight excluding hydrogens is 257 g/mol. The molecule has 4 nitrogen and oxygen atoms in total. The van der Waals surface area contributed by atoms with E-state index in [1.807, 2.05) is 0 Å². The number of aryl methyl sites for hydroxylation is 1. The summed E-state index contributed by atoms with van der Waals surface area (Å²) >= 11 is 0. The third-order valence-electron chi connectivity index (χ3n) is 4.15. The number of benzene rings is 1. The zero-order valence-electron chi connectivity index (χ0n) is 11.1. The monoisotopic (exact) mass is 271 g/mol. The number of nitrogens with two attached hydrogens (primary N) is 1. The van der Waals surface area contributed by atoms with Crippen LogP contribution < -0.4 is 5.73 Å². The van der Waals surface area contributed by atoms with Gasteiger partial charge in [0.2, 0.25) is 0 Å². The number of aliphatic imine (C=N–C) groups is 1. The van der Waals surface area contributed by atoms with Gasteiger partial charge in [-0.25, -0.2) is 9.18 Å². The topological polar surface area (TPSA) is 58.7 Å². The molecule has 1 spiro atoms. The number of halogens is 1. The minimum atomic E-state index is -0.814. The van der Waals surface area contributed by atoms with Crippen molar-refractivity contribution in [2.75, 3.05) is 0 Å². The average Bonchev–Trinajstić information content (AvgIpc) is 2.89. The van der Waals surface area contributed by atoms with E-state index < -0.39 is 17.6 Å². The fourth-order valence-corrected chi connectivity index (χ4v) is 3.25. The predicted octanol–water partition coefficient (Wildman–Crippen LogP) is 1.78. The van der Waals surface area contributed by atoms with Crippen molar-refractivity contribution in [3.8, 4) is 12.3 Å². The van der Waals surface area contributed by atoms with Crippen LogP contribution >= 0.6 is 0 Å². The molecule has 0 fully saturated rings. The molecular formula is C15H14FN3O. The van der Waals surface area contributed by atoms with Crippen LogP contribution in [-0.2, 0) is 12.0 Å². The maximum Gasteiger partial charge on any atom is 0.347 e. The first-order chi connectivity index (χ1) is 9.50. The highest BCUT2D eigenvalue weighted by molar-refractivity contribution is 6.07. The number of hydrogen-bond acceptors (Lipinski definition) is 2. The van der Waals surface area contributed by atoms with Gasteiger partial charge in [-0.05, 0) is 43.0 Å². The van der Waals surface area contributed by atoms with E-state index in [4.69, 9.17) is 12.2 Å². The SMILES string of the molecule is C#CC(C)N1C(=O)N=C(N)C12CCc1cc(F)ccc12. The molecule has 0 saturated heterocycles. The lowest BCUT2D eigenvalue weighted by Gasteiger charge is -2.37. The highest BCUT2D eigenvalue weighted by Crippen LogP contribution is 2.46. The number of hydrogen-bond donors (Lipinski definition) is 1. The summed E-state index contributed by atoms with van der Waals surface area (Å²) in [6.45, 7) is 1.76. The number of nitrogens with zero attached hydrogens (tertiary/aromatic N) is 2. The van der Waals surface area contributed by atoms with Crippen molar-refractivity contribution in [1.82, 2.24) is 4.90 Å². The zero-order valence-corrected chi connectivity index (χ0v) is 11.1. The Morgan fingerprint density at radius 3 is 3.05 bits per heavy atom. The molecule has 2 aliphatic rings. The van der Waals surface area contributed by atoms with Crippen LogP contribution in [0.25, 0.3) is 0 Å². The minimum Gasteiger partial charge on any atom is -0.385 e. The summed E-state index contributed by atoms with van der Waals surface area (Å²) in [6, 6.07) is 3.68. The highest BCUT2D eigenvalue weighted by atomic mass is 19.1. The molecule has 3 rings (SSSR count). The quantitative estimate of drug-likeness (QED) is 0.791. The summed E-state index contributed by atoms with van der Waals surface area (Å²) in [4.78, 5) is 17.5. The van der Waals surface area contributed by atoms with Gasteiger partial charge in [0, 0.05) is 0 Å². The molecule has 2 N–H and O–H groups in total. The summed E-state index contributed by atoms with van der Waals surface area (Å²) < 4.78 is 13.4. The average molecular weight is 271 g/mol. The molecule has 102 valence electrons. The van der Waals surface area contributed by atoms with Crippen molar-refractivity contribution in [2.24, 2.45) is 10.7 Å². The number of urea groups is 1. The van der Waals surface area contributed by atoms with Gasteiger partial charge in [0.05, 0.1) is 6.04 Å². The van der Waals surface area contributed by atoms with E-state index >= 15 is 0 Å². The maximum atomic E-state index is 13.4. The summed E-state index contributed by atoms with van der Waals surface area (Å²) in [5.41, 5.74) is 6.89. The summed E-state index contributed by atoms with van der Waals surface area (Å²) in [5, 5.41) is 0. The van der Waals surface area contributed by atoms with Gasteiger partial charge in [-0.2, -0.15) is 4.99 Å². The number of fused-ring (bicyclic) bond motifs is 2. The van der Waals surface area contributed by atoms with E-state index in [0.717, 1.165) is 11.1 Å². The Hall–Kier alpha value is -2.35. The lowest BCUT2D eigenvalue weighted by atomic mass is 9.88. The van der Waals surface area contributed by atoms with Crippen molar-refractivity contribution in [3.63, 3.8) is 0 Å². The van der Waals surface area contributed by atoms with Gasteiger partial charge in [-0.1, -0.05) is 12.0 Å². The molecule has 0 bridgehead atoms. The third kappa shape index (κ3) is 1.42. The molecule has 20 heavy (non-hydrogen) atoms. The molecule has 1 heterocycles. The molecule has 0 saturated carbocycles. The van der Waals surface area contributed by atoms with Gasteiger partial charge in [-0.15, -0.1) is 6.42 Å². The standard InChI is InChI=1S/C15H14FN3O/c1-3-9(2)19-14(20)18-13(17)15(19)7-6-10-8-11(16)4-5-12(10)15/h1,4-5,8-9H,6-7H2,2H3,(H2,17,18,20). The van der Waals surface area contributed by atoms with Crippen molar-refractivity contribution < 1.29 is 9.18 Å². The van der Waals surface area contributed by atoms with E-state index in [9.17, 15) is 9.18 Å². The second-order valence-corrected chi connectivity index (χ2v) is 5.15.